The van der Waals surface area contributed by atoms with E-state index in [9.17, 15) is 0 Å². The van der Waals surface area contributed by atoms with E-state index < -0.39 is 0 Å². The van der Waals surface area contributed by atoms with E-state index in [-0.39, 0.29) is 0 Å². The van der Waals surface area contributed by atoms with Gasteiger partial charge in [0.1, 0.15) is 5.82 Å². The third kappa shape index (κ3) is 2.00. The minimum atomic E-state index is 0.481. The van der Waals surface area contributed by atoms with E-state index in [0.29, 0.717) is 12.7 Å². The van der Waals surface area contributed by atoms with E-state index in [1.54, 1.807) is 0 Å². The predicted octanol–water partition coefficient (Wildman–Crippen LogP) is 1.84. The largest absolute Gasteiger partial charge is 0.373 e. The predicted molar refractivity (Wildman–Crippen MR) is 59.9 cm³/mol. The fraction of sp³-hybridized carbons (Fsp3) is 0.727. The smallest absolute Gasteiger partial charge is 0.129 e. The molecule has 0 saturated heterocycles. The topological polar surface area (TPSA) is 39.1 Å². The lowest BCUT2D eigenvalue weighted by Crippen LogP contribution is -2.21. The van der Waals surface area contributed by atoms with Crippen LogP contribution in [0.15, 0.2) is 0 Å². The van der Waals surface area contributed by atoms with E-state index in [2.05, 4.69) is 10.4 Å². The van der Waals surface area contributed by atoms with Gasteiger partial charge in [0.05, 0.1) is 18.4 Å². The van der Waals surface area contributed by atoms with E-state index in [1.165, 1.54) is 24.8 Å². The molecule has 0 spiro atoms. The van der Waals surface area contributed by atoms with Crippen LogP contribution in [0.2, 0.25) is 0 Å². The fourth-order valence-corrected chi connectivity index (χ4v) is 1.93. The number of nitrogens with one attached hydrogen (secondary N) is 1. The highest BCUT2D eigenvalue weighted by atomic mass is 16.5. The van der Waals surface area contributed by atoms with Crippen LogP contribution in [-0.4, -0.2) is 22.9 Å². The molecule has 1 aromatic heterocycles. The van der Waals surface area contributed by atoms with Crippen molar-refractivity contribution in [3.63, 3.8) is 0 Å². The summed E-state index contributed by atoms with van der Waals surface area (Å²) >= 11 is 0. The summed E-state index contributed by atoms with van der Waals surface area (Å²) in [5.41, 5.74) is 2.24. The molecule has 1 aliphatic carbocycles. The Hall–Kier alpha value is -1.03. The summed E-state index contributed by atoms with van der Waals surface area (Å²) in [6, 6.07) is 0. The molecule has 1 aliphatic rings. The van der Waals surface area contributed by atoms with Crippen molar-refractivity contribution in [2.75, 3.05) is 12.4 Å². The molecule has 4 heteroatoms. The standard InChI is InChI=1S/C11H19N3O/c1-8-10(7-15-9-5-4-6-9)11(12-2)14(3)13-8/h9,12H,4-7H2,1-3H3. The van der Waals surface area contributed by atoms with E-state index in [1.807, 2.05) is 25.7 Å². The molecule has 1 saturated carbocycles. The summed E-state index contributed by atoms with van der Waals surface area (Å²) in [4.78, 5) is 0. The first-order valence-electron chi connectivity index (χ1n) is 5.54. The Morgan fingerprint density at radius 3 is 2.80 bits per heavy atom. The zero-order valence-corrected chi connectivity index (χ0v) is 9.71. The molecule has 1 N–H and O–H groups in total. The highest BCUT2D eigenvalue weighted by molar-refractivity contribution is 5.46. The van der Waals surface area contributed by atoms with Crippen LogP contribution in [0.4, 0.5) is 5.82 Å². The molecular formula is C11H19N3O. The van der Waals surface area contributed by atoms with Crippen molar-refractivity contribution < 1.29 is 4.74 Å². The lowest BCUT2D eigenvalue weighted by atomic mass is 9.96. The molecule has 2 rings (SSSR count). The van der Waals surface area contributed by atoms with Gasteiger partial charge in [0.25, 0.3) is 0 Å². The first kappa shape index (κ1) is 10.5. The van der Waals surface area contributed by atoms with Crippen molar-refractivity contribution in [2.45, 2.75) is 38.9 Å². The molecule has 0 atom stereocenters. The molecule has 1 aromatic rings. The molecule has 0 bridgehead atoms. The summed E-state index contributed by atoms with van der Waals surface area (Å²) in [5, 5.41) is 7.54. The van der Waals surface area contributed by atoms with Crippen LogP contribution < -0.4 is 5.32 Å². The third-order valence-electron chi connectivity index (χ3n) is 3.10. The Labute approximate surface area is 90.6 Å². The quantitative estimate of drug-likeness (QED) is 0.822. The Bertz CT molecular complexity index is 342. The zero-order valence-electron chi connectivity index (χ0n) is 9.71. The van der Waals surface area contributed by atoms with Crippen LogP contribution in [0.3, 0.4) is 0 Å². The molecule has 0 aliphatic heterocycles. The van der Waals surface area contributed by atoms with Gasteiger partial charge in [0, 0.05) is 19.7 Å². The van der Waals surface area contributed by atoms with Gasteiger partial charge in [0.15, 0.2) is 0 Å². The first-order chi connectivity index (χ1) is 7.22. The number of ether oxygens (including phenoxy) is 1. The Morgan fingerprint density at radius 1 is 1.53 bits per heavy atom. The number of anilines is 1. The maximum absolute atomic E-state index is 5.81. The highest BCUT2D eigenvalue weighted by Gasteiger charge is 2.20. The molecule has 0 unspecified atom stereocenters. The van der Waals surface area contributed by atoms with Gasteiger partial charge in [-0.2, -0.15) is 5.10 Å². The van der Waals surface area contributed by atoms with Gasteiger partial charge in [0.2, 0.25) is 0 Å². The molecule has 0 amide bonds. The van der Waals surface area contributed by atoms with Crippen LogP contribution in [0, 0.1) is 6.92 Å². The average molecular weight is 209 g/mol. The second-order valence-corrected chi connectivity index (χ2v) is 4.15. The summed E-state index contributed by atoms with van der Waals surface area (Å²) in [6.45, 7) is 2.71. The van der Waals surface area contributed by atoms with Crippen molar-refractivity contribution in [1.29, 1.82) is 0 Å². The zero-order chi connectivity index (χ0) is 10.8. The van der Waals surface area contributed by atoms with E-state index in [4.69, 9.17) is 4.74 Å². The number of nitrogens with zero attached hydrogens (tertiary/aromatic N) is 2. The minimum absolute atomic E-state index is 0.481. The van der Waals surface area contributed by atoms with Crippen LogP contribution in [0.25, 0.3) is 0 Å². The SMILES string of the molecule is CNc1c(COC2CCC2)c(C)nn1C. The van der Waals surface area contributed by atoms with Gasteiger partial charge in [-0.1, -0.05) is 0 Å². The number of aryl methyl sites for hydroxylation is 2. The molecule has 15 heavy (non-hydrogen) atoms. The first-order valence-corrected chi connectivity index (χ1v) is 5.54. The number of aromatic nitrogens is 2. The minimum Gasteiger partial charge on any atom is -0.373 e. The van der Waals surface area contributed by atoms with Crippen molar-refractivity contribution in [2.24, 2.45) is 7.05 Å². The second kappa shape index (κ2) is 4.23. The second-order valence-electron chi connectivity index (χ2n) is 4.15. The summed E-state index contributed by atoms with van der Waals surface area (Å²) in [5.74, 6) is 1.06. The van der Waals surface area contributed by atoms with Crippen molar-refractivity contribution in [3.05, 3.63) is 11.3 Å². The molecular weight excluding hydrogens is 190 g/mol. The molecule has 0 aromatic carbocycles. The third-order valence-corrected chi connectivity index (χ3v) is 3.10. The van der Waals surface area contributed by atoms with Crippen molar-refractivity contribution >= 4 is 5.82 Å². The summed E-state index contributed by atoms with van der Waals surface area (Å²) < 4.78 is 7.68. The number of hydrogen-bond acceptors (Lipinski definition) is 3. The Kier molecular flexibility index (Phi) is 2.95. The maximum Gasteiger partial charge on any atom is 0.129 e. The molecule has 1 fully saturated rings. The van der Waals surface area contributed by atoms with Crippen LogP contribution in [0.5, 0.6) is 0 Å². The van der Waals surface area contributed by atoms with Crippen molar-refractivity contribution in [1.82, 2.24) is 9.78 Å². The van der Waals surface area contributed by atoms with E-state index in [0.717, 1.165) is 11.5 Å². The molecule has 84 valence electrons. The van der Waals surface area contributed by atoms with Gasteiger partial charge < -0.3 is 10.1 Å². The van der Waals surface area contributed by atoms with E-state index >= 15 is 0 Å². The van der Waals surface area contributed by atoms with Gasteiger partial charge >= 0.3 is 0 Å². The van der Waals surface area contributed by atoms with Gasteiger partial charge in [-0.05, 0) is 26.2 Å². The average Bonchev–Trinajstić information content (AvgIpc) is 2.39. The summed E-state index contributed by atoms with van der Waals surface area (Å²) in [6.07, 6.45) is 4.23. The maximum atomic E-state index is 5.81. The van der Waals surface area contributed by atoms with Crippen LogP contribution >= 0.6 is 0 Å². The lowest BCUT2D eigenvalue weighted by Gasteiger charge is -2.25. The van der Waals surface area contributed by atoms with Gasteiger partial charge in [-0.15, -0.1) is 0 Å². The number of hydrogen-bond donors (Lipinski definition) is 1. The highest BCUT2D eigenvalue weighted by Crippen LogP contribution is 2.25. The normalized spacial score (nSPS) is 16.5. The van der Waals surface area contributed by atoms with Crippen LogP contribution in [-0.2, 0) is 18.4 Å². The monoisotopic (exact) mass is 209 g/mol. The van der Waals surface area contributed by atoms with Gasteiger partial charge in [-0.3, -0.25) is 4.68 Å². The Balaban J connectivity index is 2.04. The summed E-state index contributed by atoms with van der Waals surface area (Å²) in [7, 11) is 3.87. The molecule has 0 radical (unpaired) electrons. The lowest BCUT2D eigenvalue weighted by molar-refractivity contribution is -0.00863. The Morgan fingerprint density at radius 2 is 2.27 bits per heavy atom. The number of rotatable bonds is 4. The molecule has 4 nitrogen and oxygen atoms in total. The molecule has 1 heterocycles. The van der Waals surface area contributed by atoms with Crippen LogP contribution in [0.1, 0.15) is 30.5 Å². The van der Waals surface area contributed by atoms with Gasteiger partial charge in [-0.25, -0.2) is 0 Å². The fourth-order valence-electron chi connectivity index (χ4n) is 1.93. The van der Waals surface area contributed by atoms with Crippen molar-refractivity contribution in [3.8, 4) is 0 Å².